The smallest absolute Gasteiger partial charge is 0.411 e. The minimum atomic E-state index is -0.497. The maximum Gasteiger partial charge on any atom is 0.411 e. The molecule has 1 atom stereocenters. The van der Waals surface area contributed by atoms with Crippen LogP contribution >= 0.6 is 11.3 Å². The Balaban J connectivity index is 1.56. The van der Waals surface area contributed by atoms with Gasteiger partial charge in [-0.25, -0.2) is 14.8 Å². The lowest BCUT2D eigenvalue weighted by Crippen LogP contribution is -2.36. The van der Waals surface area contributed by atoms with Gasteiger partial charge in [0.25, 0.3) is 0 Å². The average molecular weight is 564 g/mol. The third-order valence-corrected chi connectivity index (χ3v) is 7.99. The lowest BCUT2D eigenvalue weighted by Gasteiger charge is -2.30. The quantitative estimate of drug-likeness (QED) is 0.239. The van der Waals surface area contributed by atoms with Crippen molar-refractivity contribution < 1.29 is 14.3 Å². The molecule has 1 aliphatic heterocycles. The van der Waals surface area contributed by atoms with E-state index in [-0.39, 0.29) is 12.6 Å². The fourth-order valence-electron chi connectivity index (χ4n) is 4.91. The van der Waals surface area contributed by atoms with Crippen LogP contribution in [0.3, 0.4) is 0 Å². The average Bonchev–Trinajstić information content (AvgIpc) is 3.33. The Morgan fingerprint density at radius 1 is 1.15 bits per heavy atom. The normalized spacial score (nSPS) is 14.1. The summed E-state index contributed by atoms with van der Waals surface area (Å²) in [6.07, 6.45) is 4.56. The predicted octanol–water partition coefficient (Wildman–Crippen LogP) is 6.64. The van der Waals surface area contributed by atoms with E-state index < -0.39 is 6.09 Å². The Kier molecular flexibility index (Phi) is 10.5. The van der Waals surface area contributed by atoms with Gasteiger partial charge in [0.1, 0.15) is 12.4 Å². The van der Waals surface area contributed by atoms with Crippen molar-refractivity contribution in [2.45, 2.75) is 59.4 Å². The van der Waals surface area contributed by atoms with E-state index in [1.54, 1.807) is 17.4 Å². The molecular weight excluding hydrogens is 522 g/mol. The Hall–Kier alpha value is -3.43. The lowest BCUT2D eigenvalue weighted by molar-refractivity contribution is 0.122. The van der Waals surface area contributed by atoms with E-state index in [2.05, 4.69) is 61.1 Å². The monoisotopic (exact) mass is 563 g/mol. The van der Waals surface area contributed by atoms with Crippen LogP contribution in [0.15, 0.2) is 43.0 Å². The summed E-state index contributed by atoms with van der Waals surface area (Å²) in [6, 6.07) is 10.4. The van der Waals surface area contributed by atoms with E-state index in [9.17, 15) is 4.79 Å². The number of aryl methyl sites for hydroxylation is 5. The molecule has 9 heteroatoms. The minimum Gasteiger partial charge on any atom is -0.445 e. The van der Waals surface area contributed by atoms with Crippen molar-refractivity contribution in [1.29, 1.82) is 0 Å². The van der Waals surface area contributed by atoms with Crippen LogP contribution < -0.4 is 15.5 Å². The fraction of sp³-hybridized carbons (Fsp3) is 0.452. The lowest BCUT2D eigenvalue weighted by atomic mass is 10.0. The molecule has 40 heavy (non-hydrogen) atoms. The summed E-state index contributed by atoms with van der Waals surface area (Å²) in [7, 11) is 0. The van der Waals surface area contributed by atoms with Gasteiger partial charge in [0.05, 0.1) is 30.0 Å². The van der Waals surface area contributed by atoms with E-state index in [1.165, 1.54) is 15.6 Å². The third kappa shape index (κ3) is 8.05. The topological polar surface area (TPSA) is 88.6 Å². The fourth-order valence-corrected chi connectivity index (χ4v) is 5.93. The molecule has 2 N–H and O–H groups in total. The number of ether oxygens (including phenoxy) is 2. The number of anilines is 3. The van der Waals surface area contributed by atoms with E-state index in [4.69, 9.17) is 19.4 Å². The maximum atomic E-state index is 12.1. The molecule has 0 bridgehead atoms. The zero-order valence-corrected chi connectivity index (χ0v) is 24.9. The molecule has 2 aromatic heterocycles. The first kappa shape index (κ1) is 29.6. The SMILES string of the molecule is C=CCOC(=O)Nc1cc(C)cc(C(CC)Nc2cc(N3CCOCC3)cc(CCc3nc(CC)c(C)s3)n2)c1. The van der Waals surface area contributed by atoms with Gasteiger partial charge in [-0.1, -0.05) is 32.6 Å². The molecule has 8 nitrogen and oxygen atoms in total. The molecule has 0 saturated carbocycles. The molecular formula is C31H41N5O3S. The summed E-state index contributed by atoms with van der Waals surface area (Å²) < 4.78 is 10.7. The number of amides is 1. The van der Waals surface area contributed by atoms with Crippen molar-refractivity contribution in [2.24, 2.45) is 0 Å². The van der Waals surface area contributed by atoms with E-state index in [1.807, 2.05) is 19.1 Å². The van der Waals surface area contributed by atoms with Crippen molar-refractivity contribution in [3.8, 4) is 0 Å². The number of carbonyl (C=O) groups excluding carboxylic acids is 1. The van der Waals surface area contributed by atoms with Crippen LogP contribution in [0.1, 0.15) is 58.7 Å². The van der Waals surface area contributed by atoms with Crippen LogP contribution in [0.25, 0.3) is 0 Å². The summed E-state index contributed by atoms with van der Waals surface area (Å²) >= 11 is 1.79. The molecule has 1 unspecified atom stereocenters. The van der Waals surface area contributed by atoms with Gasteiger partial charge in [0, 0.05) is 47.5 Å². The van der Waals surface area contributed by atoms with Gasteiger partial charge < -0.3 is 19.7 Å². The van der Waals surface area contributed by atoms with E-state index in [0.29, 0.717) is 5.69 Å². The second kappa shape index (κ2) is 14.3. The molecule has 0 radical (unpaired) electrons. The third-order valence-electron chi connectivity index (χ3n) is 6.92. The first-order valence-electron chi connectivity index (χ1n) is 14.1. The standard InChI is InChI=1S/C31H41N5O3S/c1-6-13-39-31(37)33-25-17-21(4)16-23(18-25)28(8-3)34-29-20-26(36-11-14-38-15-12-36)19-24(32-29)9-10-30-35-27(7-2)22(5)40-30/h6,16-20,28H,1,7-15H2,2-5H3,(H,32,34)(H,33,37). The van der Waals surface area contributed by atoms with Gasteiger partial charge in [-0.2, -0.15) is 0 Å². The van der Waals surface area contributed by atoms with Crippen molar-refractivity contribution in [3.63, 3.8) is 0 Å². The first-order chi connectivity index (χ1) is 19.4. The number of thiazole rings is 1. The van der Waals surface area contributed by atoms with Crippen molar-refractivity contribution >= 4 is 34.6 Å². The van der Waals surface area contributed by atoms with Crippen molar-refractivity contribution in [2.75, 3.05) is 48.4 Å². The highest BCUT2D eigenvalue weighted by molar-refractivity contribution is 7.11. The Morgan fingerprint density at radius 3 is 2.65 bits per heavy atom. The van der Waals surface area contributed by atoms with Gasteiger partial charge in [-0.15, -0.1) is 11.3 Å². The number of aromatic nitrogens is 2. The van der Waals surface area contributed by atoms with E-state index >= 15 is 0 Å². The summed E-state index contributed by atoms with van der Waals surface area (Å²) in [5, 5.41) is 7.68. The van der Waals surface area contributed by atoms with Crippen LogP contribution in [0, 0.1) is 13.8 Å². The second-order valence-corrected chi connectivity index (χ2v) is 11.3. The van der Waals surface area contributed by atoms with Crippen LogP contribution in [0.5, 0.6) is 0 Å². The molecule has 4 rings (SSSR count). The molecule has 0 aliphatic carbocycles. The molecule has 1 aromatic carbocycles. The number of hydrogen-bond acceptors (Lipinski definition) is 8. The van der Waals surface area contributed by atoms with Crippen LogP contribution in [0.2, 0.25) is 0 Å². The number of carbonyl (C=O) groups is 1. The highest BCUT2D eigenvalue weighted by Gasteiger charge is 2.17. The molecule has 1 amide bonds. The zero-order valence-electron chi connectivity index (χ0n) is 24.1. The minimum absolute atomic E-state index is 0.0126. The van der Waals surface area contributed by atoms with Gasteiger partial charge in [0.15, 0.2) is 0 Å². The van der Waals surface area contributed by atoms with Crippen LogP contribution in [-0.4, -0.2) is 49.0 Å². The first-order valence-corrected chi connectivity index (χ1v) is 14.9. The number of nitrogens with one attached hydrogen (secondary N) is 2. The predicted molar refractivity (Wildman–Crippen MR) is 164 cm³/mol. The molecule has 3 heterocycles. The van der Waals surface area contributed by atoms with E-state index in [0.717, 1.165) is 80.3 Å². The maximum absolute atomic E-state index is 12.1. The molecule has 1 aliphatic rings. The number of nitrogens with zero attached hydrogens (tertiary/aromatic N) is 3. The molecule has 3 aromatic rings. The number of morpholine rings is 1. The number of benzene rings is 1. The van der Waals surface area contributed by atoms with Crippen LogP contribution in [0.4, 0.5) is 22.0 Å². The molecule has 214 valence electrons. The summed E-state index contributed by atoms with van der Waals surface area (Å²) in [6.45, 7) is 15.4. The summed E-state index contributed by atoms with van der Waals surface area (Å²) in [5.41, 5.74) is 6.23. The summed E-state index contributed by atoms with van der Waals surface area (Å²) in [4.78, 5) is 25.7. The Morgan fingerprint density at radius 2 is 1.95 bits per heavy atom. The molecule has 1 saturated heterocycles. The van der Waals surface area contributed by atoms with Gasteiger partial charge >= 0.3 is 6.09 Å². The largest absolute Gasteiger partial charge is 0.445 e. The zero-order chi connectivity index (χ0) is 28.5. The van der Waals surface area contributed by atoms with Gasteiger partial charge in [0.2, 0.25) is 0 Å². The highest BCUT2D eigenvalue weighted by atomic mass is 32.1. The van der Waals surface area contributed by atoms with Crippen molar-refractivity contribution in [1.82, 2.24) is 9.97 Å². The Bertz CT molecular complexity index is 1300. The molecule has 1 fully saturated rings. The summed E-state index contributed by atoms with van der Waals surface area (Å²) in [5.74, 6) is 0.844. The number of rotatable bonds is 12. The van der Waals surface area contributed by atoms with Gasteiger partial charge in [-0.05, 0) is 62.4 Å². The number of pyridine rings is 1. The molecule has 0 spiro atoms. The second-order valence-electron chi connectivity index (χ2n) is 10.0. The Labute approximate surface area is 241 Å². The number of hydrogen-bond donors (Lipinski definition) is 2. The van der Waals surface area contributed by atoms with Gasteiger partial charge in [-0.3, -0.25) is 5.32 Å². The van der Waals surface area contributed by atoms with Crippen LogP contribution in [-0.2, 0) is 28.7 Å². The van der Waals surface area contributed by atoms with Crippen molar-refractivity contribution in [3.05, 3.63) is 75.4 Å². The highest BCUT2D eigenvalue weighted by Crippen LogP contribution is 2.29.